The van der Waals surface area contributed by atoms with Gasteiger partial charge in [-0.2, -0.15) is 10.2 Å². The van der Waals surface area contributed by atoms with Gasteiger partial charge in [0.1, 0.15) is 0 Å². The monoisotopic (exact) mass is 289 g/mol. The van der Waals surface area contributed by atoms with Gasteiger partial charge in [0, 0.05) is 30.1 Å². The summed E-state index contributed by atoms with van der Waals surface area (Å²) >= 11 is 0. The molecule has 1 unspecified atom stereocenters. The van der Waals surface area contributed by atoms with E-state index in [9.17, 15) is 4.79 Å². The Bertz CT molecular complexity index is 653. The lowest BCUT2D eigenvalue weighted by Crippen LogP contribution is -2.20. The molecule has 0 aliphatic heterocycles. The summed E-state index contributed by atoms with van der Waals surface area (Å²) in [4.78, 5) is 12.4. The molecule has 0 saturated carbocycles. The van der Waals surface area contributed by atoms with E-state index in [4.69, 9.17) is 0 Å². The second-order valence-corrected chi connectivity index (χ2v) is 5.78. The van der Waals surface area contributed by atoms with E-state index in [-0.39, 0.29) is 11.8 Å². The first-order valence-electron chi connectivity index (χ1n) is 7.17. The Morgan fingerprint density at radius 2 is 2.00 bits per heavy atom. The Morgan fingerprint density at radius 3 is 2.48 bits per heavy atom. The summed E-state index contributed by atoms with van der Waals surface area (Å²) in [5, 5.41) is 14.3. The lowest BCUT2D eigenvalue weighted by Gasteiger charge is -2.11. The highest BCUT2D eigenvalue weighted by Crippen LogP contribution is 2.24. The Balaban J connectivity index is 2.15. The number of H-pyrrole nitrogens is 1. The number of anilines is 1. The number of nitrogens with zero attached hydrogens (tertiary/aromatic N) is 3. The molecule has 0 aliphatic rings. The largest absolute Gasteiger partial charge is 0.309 e. The van der Waals surface area contributed by atoms with Crippen LogP contribution in [0, 0.1) is 13.8 Å². The van der Waals surface area contributed by atoms with Crippen LogP contribution in [-0.4, -0.2) is 25.9 Å². The number of nitrogens with one attached hydrogen (secondary N) is 2. The molecule has 0 saturated heterocycles. The molecule has 21 heavy (non-hydrogen) atoms. The minimum absolute atomic E-state index is 0.0731. The van der Waals surface area contributed by atoms with E-state index < -0.39 is 0 Å². The average Bonchev–Trinajstić information content (AvgIpc) is 2.95. The van der Waals surface area contributed by atoms with Gasteiger partial charge >= 0.3 is 0 Å². The highest BCUT2D eigenvalue weighted by atomic mass is 16.1. The molecule has 2 N–H and O–H groups in total. The fourth-order valence-corrected chi connectivity index (χ4v) is 2.48. The summed E-state index contributed by atoms with van der Waals surface area (Å²) in [7, 11) is 1.89. The molecule has 0 aliphatic carbocycles. The quantitative estimate of drug-likeness (QED) is 0.908. The van der Waals surface area contributed by atoms with Gasteiger partial charge in [0.05, 0.1) is 11.6 Å². The zero-order valence-corrected chi connectivity index (χ0v) is 13.5. The minimum Gasteiger partial charge on any atom is -0.309 e. The van der Waals surface area contributed by atoms with E-state index in [1.807, 2.05) is 33.9 Å². The standard InChI is InChI=1S/C15H23N5O/c1-8(2)12-7-13(18-17-12)16-15(21)9(3)14-10(4)19-20(6)11(14)5/h7-9H,1-6H3,(H2,16,17,18,21). The van der Waals surface area contributed by atoms with Crippen molar-refractivity contribution in [3.8, 4) is 0 Å². The summed E-state index contributed by atoms with van der Waals surface area (Å²) in [5.41, 5.74) is 3.89. The second-order valence-electron chi connectivity index (χ2n) is 5.78. The van der Waals surface area contributed by atoms with Crippen molar-refractivity contribution >= 4 is 11.7 Å². The van der Waals surface area contributed by atoms with Crippen LogP contribution in [0.4, 0.5) is 5.82 Å². The summed E-state index contributed by atoms with van der Waals surface area (Å²) in [6, 6.07) is 1.87. The molecule has 2 heterocycles. The number of aryl methyl sites for hydroxylation is 2. The van der Waals surface area contributed by atoms with Crippen LogP contribution in [0.15, 0.2) is 6.07 Å². The maximum Gasteiger partial charge on any atom is 0.232 e. The number of hydrogen-bond acceptors (Lipinski definition) is 3. The summed E-state index contributed by atoms with van der Waals surface area (Å²) in [5.74, 6) is 0.576. The van der Waals surface area contributed by atoms with Crippen LogP contribution >= 0.6 is 0 Å². The van der Waals surface area contributed by atoms with Crippen LogP contribution in [-0.2, 0) is 11.8 Å². The first-order chi connectivity index (χ1) is 9.81. The van der Waals surface area contributed by atoms with E-state index in [1.54, 1.807) is 4.68 Å². The number of aromatic amines is 1. The van der Waals surface area contributed by atoms with Gasteiger partial charge in [-0.3, -0.25) is 14.6 Å². The number of carbonyl (C=O) groups excluding carboxylic acids is 1. The van der Waals surface area contributed by atoms with Crippen molar-refractivity contribution in [1.82, 2.24) is 20.0 Å². The van der Waals surface area contributed by atoms with Crippen molar-refractivity contribution in [2.45, 2.75) is 46.5 Å². The molecular weight excluding hydrogens is 266 g/mol. The van der Waals surface area contributed by atoms with Gasteiger partial charge in [-0.1, -0.05) is 13.8 Å². The molecule has 0 spiro atoms. The second kappa shape index (κ2) is 5.71. The van der Waals surface area contributed by atoms with Crippen LogP contribution < -0.4 is 5.32 Å². The lowest BCUT2D eigenvalue weighted by atomic mass is 9.98. The molecule has 0 bridgehead atoms. The third-order valence-corrected chi connectivity index (χ3v) is 3.86. The Kier molecular flexibility index (Phi) is 4.16. The molecule has 6 nitrogen and oxygen atoms in total. The van der Waals surface area contributed by atoms with Crippen LogP contribution in [0.1, 0.15) is 55.3 Å². The van der Waals surface area contributed by atoms with E-state index in [1.165, 1.54) is 0 Å². The first kappa shape index (κ1) is 15.3. The molecule has 1 amide bonds. The van der Waals surface area contributed by atoms with Crippen molar-refractivity contribution in [2.75, 3.05) is 5.32 Å². The fourth-order valence-electron chi connectivity index (χ4n) is 2.48. The maximum absolute atomic E-state index is 12.4. The van der Waals surface area contributed by atoms with Crippen molar-refractivity contribution in [2.24, 2.45) is 7.05 Å². The van der Waals surface area contributed by atoms with Crippen LogP contribution in [0.5, 0.6) is 0 Å². The van der Waals surface area contributed by atoms with Gasteiger partial charge in [0.25, 0.3) is 0 Å². The third-order valence-electron chi connectivity index (χ3n) is 3.86. The van der Waals surface area contributed by atoms with E-state index in [0.29, 0.717) is 11.7 Å². The summed E-state index contributed by atoms with van der Waals surface area (Å²) in [6.45, 7) is 9.94. The van der Waals surface area contributed by atoms with E-state index in [0.717, 1.165) is 22.6 Å². The van der Waals surface area contributed by atoms with Gasteiger partial charge in [-0.05, 0) is 26.7 Å². The molecule has 2 aromatic rings. The smallest absolute Gasteiger partial charge is 0.232 e. The average molecular weight is 289 g/mol. The highest BCUT2D eigenvalue weighted by molar-refractivity contribution is 5.95. The van der Waals surface area contributed by atoms with E-state index >= 15 is 0 Å². The first-order valence-corrected chi connectivity index (χ1v) is 7.17. The van der Waals surface area contributed by atoms with Crippen LogP contribution in [0.25, 0.3) is 0 Å². The molecule has 2 rings (SSSR count). The van der Waals surface area contributed by atoms with E-state index in [2.05, 4.69) is 34.5 Å². The maximum atomic E-state index is 12.4. The number of carbonyl (C=O) groups is 1. The zero-order valence-electron chi connectivity index (χ0n) is 13.5. The molecule has 114 valence electrons. The zero-order chi connectivity index (χ0) is 15.7. The van der Waals surface area contributed by atoms with Gasteiger partial charge in [0.2, 0.25) is 5.91 Å². The lowest BCUT2D eigenvalue weighted by molar-refractivity contribution is -0.117. The Morgan fingerprint density at radius 1 is 1.33 bits per heavy atom. The van der Waals surface area contributed by atoms with Crippen molar-refractivity contribution in [3.05, 3.63) is 28.7 Å². The number of aromatic nitrogens is 4. The molecular formula is C15H23N5O. The Labute approximate surface area is 124 Å². The predicted octanol–water partition coefficient (Wildman–Crippen LogP) is 2.63. The SMILES string of the molecule is Cc1nn(C)c(C)c1C(C)C(=O)Nc1cc(C(C)C)[nH]n1. The minimum atomic E-state index is -0.266. The molecule has 2 aromatic heterocycles. The molecule has 6 heteroatoms. The van der Waals surface area contributed by atoms with Crippen molar-refractivity contribution in [1.29, 1.82) is 0 Å². The van der Waals surface area contributed by atoms with Gasteiger partial charge < -0.3 is 5.32 Å². The Hall–Kier alpha value is -2.11. The summed E-state index contributed by atoms with van der Waals surface area (Å²) < 4.78 is 1.81. The third kappa shape index (κ3) is 2.99. The summed E-state index contributed by atoms with van der Waals surface area (Å²) in [6.07, 6.45) is 0. The van der Waals surface area contributed by atoms with Crippen molar-refractivity contribution < 1.29 is 4.79 Å². The molecule has 0 fully saturated rings. The van der Waals surface area contributed by atoms with Gasteiger partial charge in [-0.25, -0.2) is 0 Å². The fraction of sp³-hybridized carbons (Fsp3) is 0.533. The van der Waals surface area contributed by atoms with Gasteiger partial charge in [-0.15, -0.1) is 0 Å². The van der Waals surface area contributed by atoms with Gasteiger partial charge in [0.15, 0.2) is 5.82 Å². The van der Waals surface area contributed by atoms with Crippen molar-refractivity contribution in [3.63, 3.8) is 0 Å². The topological polar surface area (TPSA) is 75.6 Å². The highest BCUT2D eigenvalue weighted by Gasteiger charge is 2.23. The number of rotatable bonds is 4. The molecule has 0 radical (unpaired) electrons. The number of amides is 1. The number of hydrogen-bond donors (Lipinski definition) is 2. The van der Waals surface area contributed by atoms with Crippen LogP contribution in [0.2, 0.25) is 0 Å². The normalized spacial score (nSPS) is 12.7. The molecule has 1 atom stereocenters. The van der Waals surface area contributed by atoms with Crippen LogP contribution in [0.3, 0.4) is 0 Å². The molecule has 0 aromatic carbocycles. The predicted molar refractivity (Wildman–Crippen MR) is 82.4 cm³/mol.